The average molecular weight is 308 g/mol. The van der Waals surface area contributed by atoms with Gasteiger partial charge in [-0.1, -0.05) is 12.1 Å². The van der Waals surface area contributed by atoms with Crippen LogP contribution >= 0.6 is 0 Å². The van der Waals surface area contributed by atoms with Crippen molar-refractivity contribution < 1.29 is 12.8 Å². The van der Waals surface area contributed by atoms with Gasteiger partial charge in [-0.25, -0.2) is 12.8 Å². The van der Waals surface area contributed by atoms with Crippen LogP contribution < -0.4 is 10.5 Å². The van der Waals surface area contributed by atoms with E-state index in [-0.39, 0.29) is 4.90 Å². The molecule has 4 nitrogen and oxygen atoms in total. The maximum Gasteiger partial charge on any atom is 0.262 e. The zero-order valence-corrected chi connectivity index (χ0v) is 12.7. The third kappa shape index (κ3) is 3.40. The van der Waals surface area contributed by atoms with Crippen molar-refractivity contribution in [1.29, 1.82) is 0 Å². The molecular formula is C15H17FN2O2S. The van der Waals surface area contributed by atoms with Crippen molar-refractivity contribution in [3.63, 3.8) is 0 Å². The SMILES string of the molecule is Cc1cc(F)cc(C)c1S(=O)(=O)Nc1cccc(CN)c1. The van der Waals surface area contributed by atoms with Gasteiger partial charge in [0.25, 0.3) is 10.0 Å². The molecule has 0 amide bonds. The number of anilines is 1. The number of benzene rings is 2. The van der Waals surface area contributed by atoms with Gasteiger partial charge in [0.15, 0.2) is 0 Å². The largest absolute Gasteiger partial charge is 0.326 e. The number of sulfonamides is 1. The van der Waals surface area contributed by atoms with Crippen molar-refractivity contribution in [3.05, 3.63) is 58.9 Å². The summed E-state index contributed by atoms with van der Waals surface area (Å²) >= 11 is 0. The molecule has 0 bridgehead atoms. The van der Waals surface area contributed by atoms with E-state index in [0.717, 1.165) is 5.56 Å². The van der Waals surface area contributed by atoms with E-state index in [9.17, 15) is 12.8 Å². The number of hydrogen-bond donors (Lipinski definition) is 2. The number of nitrogens with two attached hydrogens (primary N) is 1. The fraction of sp³-hybridized carbons (Fsp3) is 0.200. The standard InChI is InChI=1S/C15H17FN2O2S/c1-10-6-13(16)7-11(2)15(10)21(19,20)18-14-5-3-4-12(8-14)9-17/h3-8,18H,9,17H2,1-2H3. The Hall–Kier alpha value is -1.92. The Morgan fingerprint density at radius 2 is 1.76 bits per heavy atom. The summed E-state index contributed by atoms with van der Waals surface area (Å²) in [6, 6.07) is 9.27. The Morgan fingerprint density at radius 3 is 2.33 bits per heavy atom. The lowest BCUT2D eigenvalue weighted by Crippen LogP contribution is -2.16. The highest BCUT2D eigenvalue weighted by molar-refractivity contribution is 7.92. The molecule has 0 saturated carbocycles. The van der Waals surface area contributed by atoms with Gasteiger partial charge in [-0.05, 0) is 54.8 Å². The molecule has 0 atom stereocenters. The number of hydrogen-bond acceptors (Lipinski definition) is 3. The summed E-state index contributed by atoms with van der Waals surface area (Å²) in [4.78, 5) is 0.0991. The maximum absolute atomic E-state index is 13.3. The van der Waals surface area contributed by atoms with Crippen LogP contribution in [0.2, 0.25) is 0 Å². The van der Waals surface area contributed by atoms with Gasteiger partial charge in [-0.2, -0.15) is 0 Å². The van der Waals surface area contributed by atoms with E-state index in [2.05, 4.69) is 4.72 Å². The number of nitrogens with one attached hydrogen (secondary N) is 1. The first-order valence-electron chi connectivity index (χ1n) is 6.42. The van der Waals surface area contributed by atoms with E-state index in [1.807, 2.05) is 6.07 Å². The van der Waals surface area contributed by atoms with Gasteiger partial charge in [0.2, 0.25) is 0 Å². The number of rotatable bonds is 4. The van der Waals surface area contributed by atoms with Crippen LogP contribution in [-0.2, 0) is 16.6 Å². The lowest BCUT2D eigenvalue weighted by atomic mass is 10.1. The Labute approximate surface area is 123 Å². The van der Waals surface area contributed by atoms with E-state index in [0.29, 0.717) is 23.4 Å². The van der Waals surface area contributed by atoms with Gasteiger partial charge >= 0.3 is 0 Å². The van der Waals surface area contributed by atoms with Crippen LogP contribution in [-0.4, -0.2) is 8.42 Å². The Kier molecular flexibility index (Phi) is 4.29. The first-order chi connectivity index (χ1) is 9.83. The topological polar surface area (TPSA) is 72.2 Å². The van der Waals surface area contributed by atoms with Crippen LogP contribution in [0.3, 0.4) is 0 Å². The zero-order chi connectivity index (χ0) is 15.6. The first-order valence-corrected chi connectivity index (χ1v) is 7.90. The number of aryl methyl sites for hydroxylation is 2. The third-order valence-electron chi connectivity index (χ3n) is 3.11. The molecule has 0 aliphatic rings. The summed E-state index contributed by atoms with van der Waals surface area (Å²) < 4.78 is 40.8. The van der Waals surface area contributed by atoms with Crippen LogP contribution in [0, 0.1) is 19.7 Å². The normalized spacial score (nSPS) is 11.4. The van der Waals surface area contributed by atoms with Gasteiger partial charge in [0.1, 0.15) is 5.82 Å². The smallest absolute Gasteiger partial charge is 0.262 e. The van der Waals surface area contributed by atoms with Gasteiger partial charge in [0.05, 0.1) is 4.90 Å². The lowest BCUT2D eigenvalue weighted by molar-refractivity contribution is 0.597. The van der Waals surface area contributed by atoms with Gasteiger partial charge in [-0.15, -0.1) is 0 Å². The molecule has 0 saturated heterocycles. The average Bonchev–Trinajstić information content (AvgIpc) is 2.36. The fourth-order valence-corrected chi connectivity index (χ4v) is 3.79. The highest BCUT2D eigenvalue weighted by atomic mass is 32.2. The molecule has 0 aromatic heterocycles. The second-order valence-corrected chi connectivity index (χ2v) is 6.50. The molecule has 112 valence electrons. The lowest BCUT2D eigenvalue weighted by Gasteiger charge is -2.13. The minimum absolute atomic E-state index is 0.0991. The molecule has 0 aliphatic carbocycles. The summed E-state index contributed by atoms with van der Waals surface area (Å²) in [5.74, 6) is -0.450. The molecule has 2 rings (SSSR count). The van der Waals surface area contributed by atoms with Crippen LogP contribution in [0.1, 0.15) is 16.7 Å². The Morgan fingerprint density at radius 1 is 1.14 bits per heavy atom. The van der Waals surface area contributed by atoms with Gasteiger partial charge in [-0.3, -0.25) is 4.72 Å². The summed E-state index contributed by atoms with van der Waals surface area (Å²) in [6.07, 6.45) is 0. The first kappa shape index (κ1) is 15.5. The molecule has 0 unspecified atom stereocenters. The molecule has 21 heavy (non-hydrogen) atoms. The molecule has 0 aliphatic heterocycles. The van der Waals surface area contributed by atoms with Crippen LogP contribution in [0.5, 0.6) is 0 Å². The minimum Gasteiger partial charge on any atom is -0.326 e. The van der Waals surface area contributed by atoms with Crippen molar-refractivity contribution in [1.82, 2.24) is 0 Å². The van der Waals surface area contributed by atoms with Crippen molar-refractivity contribution in [3.8, 4) is 0 Å². The predicted molar refractivity (Wildman–Crippen MR) is 81.0 cm³/mol. The van der Waals surface area contributed by atoms with Crippen LogP contribution in [0.25, 0.3) is 0 Å². The van der Waals surface area contributed by atoms with E-state index in [4.69, 9.17) is 5.73 Å². The van der Waals surface area contributed by atoms with Gasteiger partial charge in [0, 0.05) is 12.2 Å². The molecule has 0 fully saturated rings. The molecule has 6 heteroatoms. The Bertz CT molecular complexity index is 750. The maximum atomic E-state index is 13.3. The fourth-order valence-electron chi connectivity index (χ4n) is 2.29. The quantitative estimate of drug-likeness (QED) is 0.912. The van der Waals surface area contributed by atoms with E-state index in [1.54, 1.807) is 32.0 Å². The summed E-state index contributed by atoms with van der Waals surface area (Å²) in [7, 11) is -3.77. The monoisotopic (exact) mass is 308 g/mol. The van der Waals surface area contributed by atoms with E-state index in [1.165, 1.54) is 12.1 Å². The highest BCUT2D eigenvalue weighted by Crippen LogP contribution is 2.24. The minimum atomic E-state index is -3.77. The molecule has 3 N–H and O–H groups in total. The van der Waals surface area contributed by atoms with Crippen molar-refractivity contribution in [2.45, 2.75) is 25.3 Å². The van der Waals surface area contributed by atoms with Crippen molar-refractivity contribution in [2.75, 3.05) is 4.72 Å². The molecular weight excluding hydrogens is 291 g/mol. The van der Waals surface area contributed by atoms with Crippen LogP contribution in [0.15, 0.2) is 41.3 Å². The number of halogens is 1. The van der Waals surface area contributed by atoms with Crippen molar-refractivity contribution >= 4 is 15.7 Å². The second-order valence-electron chi connectivity index (χ2n) is 4.88. The molecule has 0 spiro atoms. The van der Waals surface area contributed by atoms with Crippen LogP contribution in [0.4, 0.5) is 10.1 Å². The zero-order valence-electron chi connectivity index (χ0n) is 11.9. The van der Waals surface area contributed by atoms with Gasteiger partial charge < -0.3 is 5.73 Å². The third-order valence-corrected chi connectivity index (χ3v) is 4.79. The summed E-state index contributed by atoms with van der Waals surface area (Å²) in [5, 5.41) is 0. The molecule has 2 aromatic rings. The van der Waals surface area contributed by atoms with E-state index < -0.39 is 15.8 Å². The molecule has 2 aromatic carbocycles. The Balaban J connectivity index is 2.43. The molecule has 0 radical (unpaired) electrons. The predicted octanol–water partition coefficient (Wildman–Crippen LogP) is 2.70. The summed E-state index contributed by atoms with van der Waals surface area (Å²) in [6.45, 7) is 3.46. The van der Waals surface area contributed by atoms with Crippen molar-refractivity contribution in [2.24, 2.45) is 5.73 Å². The highest BCUT2D eigenvalue weighted by Gasteiger charge is 2.20. The van der Waals surface area contributed by atoms with E-state index >= 15 is 0 Å². The summed E-state index contributed by atoms with van der Waals surface area (Å²) in [5.41, 5.74) is 7.53. The molecule has 0 heterocycles. The second kappa shape index (κ2) is 5.83.